The van der Waals surface area contributed by atoms with Crippen LogP contribution < -0.4 is 16.8 Å². The fourth-order valence-electron chi connectivity index (χ4n) is 2.63. The van der Waals surface area contributed by atoms with Crippen LogP contribution in [0.3, 0.4) is 0 Å². The van der Waals surface area contributed by atoms with Crippen LogP contribution in [0.25, 0.3) is 0 Å². The lowest BCUT2D eigenvalue weighted by atomic mass is 9.79. The minimum atomic E-state index is -0.752. The summed E-state index contributed by atoms with van der Waals surface area (Å²) in [7, 11) is 0. The number of nitrogens with two attached hydrogens (primary N) is 2. The van der Waals surface area contributed by atoms with Crippen molar-refractivity contribution in [2.24, 2.45) is 16.9 Å². The van der Waals surface area contributed by atoms with Gasteiger partial charge in [-0.15, -0.1) is 0 Å². The molecule has 0 aromatic heterocycles. The number of carbonyl (C=O) groups excluding carboxylic acids is 2. The van der Waals surface area contributed by atoms with Crippen molar-refractivity contribution in [2.45, 2.75) is 57.9 Å². The molecule has 0 heterocycles. The van der Waals surface area contributed by atoms with E-state index in [0.29, 0.717) is 12.8 Å². The van der Waals surface area contributed by atoms with Crippen LogP contribution in [-0.2, 0) is 9.59 Å². The average Bonchev–Trinajstić information content (AvgIpc) is 2.53. The van der Waals surface area contributed by atoms with Crippen LogP contribution in [0.4, 0.5) is 0 Å². The van der Waals surface area contributed by atoms with Gasteiger partial charge in [-0.05, 0) is 19.8 Å². The number of thiocarbonyl (C=S) groups is 1. The molecule has 1 rings (SSSR count). The Labute approximate surface area is 119 Å². The van der Waals surface area contributed by atoms with E-state index in [0.717, 1.165) is 25.7 Å². The number of carbonyl (C=O) groups is 2. The van der Waals surface area contributed by atoms with Crippen LogP contribution in [0.5, 0.6) is 0 Å². The fraction of sp³-hybridized carbons (Fsp3) is 0.769. The predicted octanol–water partition coefficient (Wildman–Crippen LogP) is 0.993. The van der Waals surface area contributed by atoms with Gasteiger partial charge in [0, 0.05) is 12.5 Å². The van der Waals surface area contributed by atoms with Crippen LogP contribution in [-0.4, -0.2) is 22.8 Å². The highest BCUT2D eigenvalue weighted by Crippen LogP contribution is 2.35. The van der Waals surface area contributed by atoms with Gasteiger partial charge in [0.2, 0.25) is 11.8 Å². The van der Waals surface area contributed by atoms with Crippen LogP contribution in [0.2, 0.25) is 0 Å². The Morgan fingerprint density at radius 1 is 1.21 bits per heavy atom. The lowest BCUT2D eigenvalue weighted by Gasteiger charge is -2.31. The fourth-order valence-corrected chi connectivity index (χ4v) is 2.93. The first-order chi connectivity index (χ1) is 8.88. The molecule has 1 aliphatic rings. The van der Waals surface area contributed by atoms with Crippen molar-refractivity contribution < 1.29 is 9.59 Å². The van der Waals surface area contributed by atoms with Crippen LogP contribution in [0.1, 0.15) is 51.9 Å². The van der Waals surface area contributed by atoms with Crippen molar-refractivity contribution in [2.75, 3.05) is 0 Å². The Hall–Kier alpha value is -1.17. The topological polar surface area (TPSA) is 98.2 Å². The minimum absolute atomic E-state index is 0.124. The van der Waals surface area contributed by atoms with Gasteiger partial charge in [-0.25, -0.2) is 0 Å². The highest BCUT2D eigenvalue weighted by atomic mass is 32.1. The Morgan fingerprint density at radius 3 is 2.16 bits per heavy atom. The van der Waals surface area contributed by atoms with Gasteiger partial charge >= 0.3 is 0 Å². The van der Waals surface area contributed by atoms with E-state index in [1.165, 1.54) is 0 Å². The molecular weight excluding hydrogens is 262 g/mol. The zero-order chi connectivity index (χ0) is 14.5. The van der Waals surface area contributed by atoms with E-state index in [1.54, 1.807) is 6.92 Å². The minimum Gasteiger partial charge on any atom is -0.392 e. The standard InChI is InChI=1S/C13H23N3O2S/c1-9(8-10(14)17)16-12(18)13(11(15)19)6-4-2-3-5-7-13/h9H,2-8H2,1H3,(H2,14,17)(H2,15,19)(H,16,18). The lowest BCUT2D eigenvalue weighted by Crippen LogP contribution is -2.51. The third-order valence-electron chi connectivity index (χ3n) is 3.75. The van der Waals surface area contributed by atoms with Crippen molar-refractivity contribution in [3.05, 3.63) is 0 Å². The zero-order valence-electron chi connectivity index (χ0n) is 11.4. The van der Waals surface area contributed by atoms with Crippen LogP contribution in [0.15, 0.2) is 0 Å². The molecule has 0 radical (unpaired) electrons. The van der Waals surface area contributed by atoms with E-state index in [-0.39, 0.29) is 23.4 Å². The molecule has 2 amide bonds. The molecule has 1 saturated carbocycles. The van der Waals surface area contributed by atoms with Gasteiger partial charge in [-0.3, -0.25) is 9.59 Å². The molecule has 6 heteroatoms. The molecule has 0 aromatic carbocycles. The van der Waals surface area contributed by atoms with Gasteiger partial charge in [-0.2, -0.15) is 0 Å². The molecule has 108 valence electrons. The van der Waals surface area contributed by atoms with Gasteiger partial charge in [0.15, 0.2) is 0 Å². The van der Waals surface area contributed by atoms with Gasteiger partial charge < -0.3 is 16.8 Å². The zero-order valence-corrected chi connectivity index (χ0v) is 12.2. The second kappa shape index (κ2) is 6.84. The second-order valence-corrected chi connectivity index (χ2v) is 5.85. The third-order valence-corrected chi connectivity index (χ3v) is 4.14. The van der Waals surface area contributed by atoms with Crippen molar-refractivity contribution in [3.63, 3.8) is 0 Å². The van der Waals surface area contributed by atoms with Gasteiger partial charge in [0.1, 0.15) is 0 Å². The molecular formula is C13H23N3O2S. The first kappa shape index (κ1) is 15.9. The van der Waals surface area contributed by atoms with Gasteiger partial charge in [0.05, 0.1) is 10.4 Å². The maximum absolute atomic E-state index is 12.5. The molecule has 0 bridgehead atoms. The molecule has 0 spiro atoms. The molecule has 5 N–H and O–H groups in total. The molecule has 0 aromatic rings. The monoisotopic (exact) mass is 285 g/mol. The number of hydrogen-bond donors (Lipinski definition) is 3. The van der Waals surface area contributed by atoms with Crippen LogP contribution >= 0.6 is 12.2 Å². The summed E-state index contributed by atoms with van der Waals surface area (Å²) >= 11 is 5.13. The van der Waals surface area contributed by atoms with E-state index in [1.807, 2.05) is 0 Å². The number of rotatable bonds is 5. The van der Waals surface area contributed by atoms with Gasteiger partial charge in [-0.1, -0.05) is 37.9 Å². The summed E-state index contributed by atoms with van der Waals surface area (Å²) in [6, 6.07) is -0.292. The van der Waals surface area contributed by atoms with E-state index >= 15 is 0 Å². The quantitative estimate of drug-likeness (QED) is 0.518. The lowest BCUT2D eigenvalue weighted by molar-refractivity contribution is -0.129. The molecule has 0 saturated heterocycles. The smallest absolute Gasteiger partial charge is 0.233 e. The number of amides is 2. The Kier molecular flexibility index (Phi) is 5.72. The third kappa shape index (κ3) is 4.16. The number of hydrogen-bond acceptors (Lipinski definition) is 3. The van der Waals surface area contributed by atoms with Crippen molar-refractivity contribution in [3.8, 4) is 0 Å². The van der Waals surface area contributed by atoms with Crippen molar-refractivity contribution >= 4 is 29.0 Å². The molecule has 1 aliphatic carbocycles. The Bertz CT molecular complexity index is 363. The van der Waals surface area contributed by atoms with E-state index < -0.39 is 11.3 Å². The maximum Gasteiger partial charge on any atom is 0.233 e. The summed E-state index contributed by atoms with van der Waals surface area (Å²) in [5.41, 5.74) is 10.2. The molecule has 19 heavy (non-hydrogen) atoms. The van der Waals surface area contributed by atoms with Crippen molar-refractivity contribution in [1.29, 1.82) is 0 Å². The number of nitrogens with one attached hydrogen (secondary N) is 1. The largest absolute Gasteiger partial charge is 0.392 e. The Balaban J connectivity index is 2.77. The van der Waals surface area contributed by atoms with E-state index in [9.17, 15) is 9.59 Å². The summed E-state index contributed by atoms with van der Waals surface area (Å²) in [5, 5.41) is 2.82. The second-order valence-electron chi connectivity index (χ2n) is 5.41. The predicted molar refractivity (Wildman–Crippen MR) is 78.3 cm³/mol. The average molecular weight is 285 g/mol. The summed E-state index contributed by atoms with van der Waals surface area (Å²) in [4.78, 5) is 23.6. The molecule has 0 aliphatic heterocycles. The van der Waals surface area contributed by atoms with Crippen molar-refractivity contribution in [1.82, 2.24) is 5.32 Å². The Morgan fingerprint density at radius 2 is 1.74 bits per heavy atom. The normalized spacial score (nSPS) is 20.1. The molecule has 1 unspecified atom stereocenters. The maximum atomic E-state index is 12.5. The SMILES string of the molecule is CC(CC(N)=O)NC(=O)C1(C(N)=S)CCCCCC1. The molecule has 1 atom stereocenters. The summed E-state index contributed by atoms with van der Waals surface area (Å²) < 4.78 is 0. The summed E-state index contributed by atoms with van der Waals surface area (Å²) in [6.07, 6.45) is 5.63. The van der Waals surface area contributed by atoms with Gasteiger partial charge in [0.25, 0.3) is 0 Å². The number of primary amides is 1. The van der Waals surface area contributed by atoms with E-state index in [2.05, 4.69) is 5.32 Å². The summed E-state index contributed by atoms with van der Waals surface area (Å²) in [5.74, 6) is -0.589. The molecule has 1 fully saturated rings. The first-order valence-corrected chi connectivity index (χ1v) is 7.18. The van der Waals surface area contributed by atoms with Crippen LogP contribution in [0, 0.1) is 5.41 Å². The highest BCUT2D eigenvalue weighted by molar-refractivity contribution is 7.80. The first-order valence-electron chi connectivity index (χ1n) is 6.77. The molecule has 5 nitrogen and oxygen atoms in total. The summed E-state index contributed by atoms with van der Waals surface area (Å²) in [6.45, 7) is 1.76. The van der Waals surface area contributed by atoms with E-state index in [4.69, 9.17) is 23.7 Å². The highest BCUT2D eigenvalue weighted by Gasteiger charge is 2.41.